The van der Waals surface area contributed by atoms with Crippen LogP contribution in [0.3, 0.4) is 0 Å². The van der Waals surface area contributed by atoms with E-state index >= 15 is 0 Å². The second-order valence-corrected chi connectivity index (χ2v) is 9.09. The van der Waals surface area contributed by atoms with Crippen LogP contribution in [0.25, 0.3) is 5.65 Å². The SMILES string of the molecule is COc1ccc(C2=NN(C(=O)CSc3nc(=O)n4ccccc4n3)[C@@H](c3ccc(C)cc3)C2)cc1. The summed E-state index contributed by atoms with van der Waals surface area (Å²) in [5.41, 5.74) is 4.00. The highest BCUT2D eigenvalue weighted by Crippen LogP contribution is 2.34. The maximum atomic E-state index is 13.3. The fourth-order valence-electron chi connectivity index (χ4n) is 3.95. The maximum absolute atomic E-state index is 13.3. The standard InChI is InChI=1S/C26H23N5O3S/c1-17-6-8-19(9-7-17)22-15-21(18-10-12-20(34-2)13-11-18)29-31(22)24(32)16-35-25-27-23-5-3-4-14-30(23)26(33)28-25/h3-14,22H,15-16H2,1-2H3/t22-/m1/s1. The fraction of sp³-hybridized carbons (Fsp3) is 0.192. The van der Waals surface area contributed by atoms with Gasteiger partial charge < -0.3 is 4.74 Å². The topological polar surface area (TPSA) is 89.2 Å². The Morgan fingerprint density at radius 3 is 2.57 bits per heavy atom. The number of benzene rings is 2. The highest BCUT2D eigenvalue weighted by atomic mass is 32.2. The number of amides is 1. The minimum absolute atomic E-state index is 0.0597. The van der Waals surface area contributed by atoms with Crippen molar-refractivity contribution in [1.82, 2.24) is 19.4 Å². The van der Waals surface area contributed by atoms with Gasteiger partial charge in [-0.05, 0) is 54.4 Å². The Balaban J connectivity index is 1.40. The number of pyridine rings is 1. The second-order valence-electron chi connectivity index (χ2n) is 8.15. The number of carbonyl (C=O) groups is 1. The number of aromatic nitrogens is 3. The molecule has 0 aliphatic carbocycles. The van der Waals surface area contributed by atoms with E-state index in [2.05, 4.69) is 9.97 Å². The number of thioether (sulfide) groups is 1. The van der Waals surface area contributed by atoms with Gasteiger partial charge in [0.15, 0.2) is 5.16 Å². The molecule has 0 spiro atoms. The molecule has 1 amide bonds. The van der Waals surface area contributed by atoms with Gasteiger partial charge in [0, 0.05) is 12.6 Å². The van der Waals surface area contributed by atoms with E-state index in [1.807, 2.05) is 55.5 Å². The van der Waals surface area contributed by atoms with Crippen molar-refractivity contribution in [2.75, 3.05) is 12.9 Å². The molecule has 2 aromatic carbocycles. The van der Waals surface area contributed by atoms with E-state index in [4.69, 9.17) is 9.84 Å². The summed E-state index contributed by atoms with van der Waals surface area (Å²) in [6, 6.07) is 20.9. The monoisotopic (exact) mass is 485 g/mol. The van der Waals surface area contributed by atoms with E-state index in [1.54, 1.807) is 36.5 Å². The molecule has 1 atom stereocenters. The molecule has 2 aromatic heterocycles. The van der Waals surface area contributed by atoms with Crippen molar-refractivity contribution in [3.05, 3.63) is 100 Å². The molecule has 3 heterocycles. The quantitative estimate of drug-likeness (QED) is 0.385. The van der Waals surface area contributed by atoms with Crippen LogP contribution in [0.2, 0.25) is 0 Å². The molecule has 0 N–H and O–H groups in total. The first-order chi connectivity index (χ1) is 17.0. The summed E-state index contributed by atoms with van der Waals surface area (Å²) in [5, 5.41) is 6.52. The van der Waals surface area contributed by atoms with E-state index in [-0.39, 0.29) is 22.9 Å². The summed E-state index contributed by atoms with van der Waals surface area (Å²) >= 11 is 1.13. The molecule has 8 nitrogen and oxygen atoms in total. The molecule has 0 bridgehead atoms. The minimum Gasteiger partial charge on any atom is -0.497 e. The maximum Gasteiger partial charge on any atom is 0.355 e. The first-order valence-electron chi connectivity index (χ1n) is 11.1. The highest BCUT2D eigenvalue weighted by Gasteiger charge is 2.33. The Labute approximate surface area is 206 Å². The van der Waals surface area contributed by atoms with E-state index in [0.717, 1.165) is 39.9 Å². The van der Waals surface area contributed by atoms with Crippen LogP contribution in [-0.2, 0) is 4.79 Å². The van der Waals surface area contributed by atoms with Crippen molar-refractivity contribution in [2.24, 2.45) is 5.10 Å². The number of rotatable bonds is 6. The van der Waals surface area contributed by atoms with Gasteiger partial charge in [-0.15, -0.1) is 0 Å². The van der Waals surface area contributed by atoms with Gasteiger partial charge in [0.05, 0.1) is 24.6 Å². The number of hydrogen-bond acceptors (Lipinski definition) is 7. The molecule has 1 aliphatic rings. The molecule has 35 heavy (non-hydrogen) atoms. The molecule has 9 heteroatoms. The summed E-state index contributed by atoms with van der Waals surface area (Å²) in [6.45, 7) is 2.03. The van der Waals surface area contributed by atoms with Crippen LogP contribution in [0.15, 0.2) is 88.0 Å². The Bertz CT molecular complexity index is 1470. The zero-order valence-corrected chi connectivity index (χ0v) is 20.1. The van der Waals surface area contributed by atoms with Crippen LogP contribution in [0, 0.1) is 6.92 Å². The lowest BCUT2D eigenvalue weighted by Gasteiger charge is -2.22. The third kappa shape index (κ3) is 4.81. The Morgan fingerprint density at radius 1 is 1.06 bits per heavy atom. The summed E-state index contributed by atoms with van der Waals surface area (Å²) in [5.74, 6) is 0.642. The molecule has 0 radical (unpaired) electrons. The Kier molecular flexibility index (Phi) is 6.33. The Morgan fingerprint density at radius 2 is 1.83 bits per heavy atom. The molecule has 5 rings (SSSR count). The van der Waals surface area contributed by atoms with Gasteiger partial charge in [0.2, 0.25) is 0 Å². The first kappa shape index (κ1) is 22.8. The summed E-state index contributed by atoms with van der Waals surface area (Å²) in [7, 11) is 1.63. The largest absolute Gasteiger partial charge is 0.497 e. The molecule has 0 saturated heterocycles. The Hall–Kier alpha value is -3.98. The number of hydrazone groups is 1. The lowest BCUT2D eigenvalue weighted by Crippen LogP contribution is -2.29. The second kappa shape index (κ2) is 9.71. The van der Waals surface area contributed by atoms with Crippen LogP contribution < -0.4 is 10.4 Å². The summed E-state index contributed by atoms with van der Waals surface area (Å²) < 4.78 is 6.63. The lowest BCUT2D eigenvalue weighted by molar-refractivity contribution is -0.130. The molecule has 0 unspecified atom stereocenters. The lowest BCUT2D eigenvalue weighted by atomic mass is 9.97. The van der Waals surface area contributed by atoms with Crippen LogP contribution in [0.1, 0.15) is 29.2 Å². The predicted octanol–water partition coefficient (Wildman–Crippen LogP) is 3.88. The number of carbonyl (C=O) groups excluding carboxylic acids is 1. The molecule has 4 aromatic rings. The third-order valence-corrected chi connectivity index (χ3v) is 6.65. The fourth-order valence-corrected chi connectivity index (χ4v) is 4.63. The number of nitrogens with zero attached hydrogens (tertiary/aromatic N) is 5. The van der Waals surface area contributed by atoms with Crippen molar-refractivity contribution in [2.45, 2.75) is 24.5 Å². The first-order valence-corrected chi connectivity index (χ1v) is 12.1. The zero-order valence-electron chi connectivity index (χ0n) is 19.3. The van der Waals surface area contributed by atoms with E-state index < -0.39 is 5.69 Å². The highest BCUT2D eigenvalue weighted by molar-refractivity contribution is 7.99. The molecule has 1 aliphatic heterocycles. The minimum atomic E-state index is -0.427. The van der Waals surface area contributed by atoms with Crippen LogP contribution >= 0.6 is 11.8 Å². The van der Waals surface area contributed by atoms with Crippen LogP contribution in [-0.4, -0.2) is 43.9 Å². The normalized spacial score (nSPS) is 15.3. The number of methoxy groups -OCH3 is 1. The average Bonchev–Trinajstić information content (AvgIpc) is 3.33. The molecular weight excluding hydrogens is 462 g/mol. The number of hydrogen-bond donors (Lipinski definition) is 0. The van der Waals surface area contributed by atoms with Crippen molar-refractivity contribution in [3.8, 4) is 5.75 Å². The van der Waals surface area contributed by atoms with Gasteiger partial charge in [-0.2, -0.15) is 10.1 Å². The number of fused-ring (bicyclic) bond motifs is 1. The predicted molar refractivity (Wildman–Crippen MR) is 135 cm³/mol. The van der Waals surface area contributed by atoms with Gasteiger partial charge >= 0.3 is 5.69 Å². The van der Waals surface area contributed by atoms with Crippen molar-refractivity contribution >= 4 is 29.0 Å². The van der Waals surface area contributed by atoms with E-state index in [9.17, 15) is 9.59 Å². The van der Waals surface area contributed by atoms with Gasteiger partial charge in [0.1, 0.15) is 11.4 Å². The smallest absolute Gasteiger partial charge is 0.355 e. The summed E-state index contributed by atoms with van der Waals surface area (Å²) in [4.78, 5) is 34.0. The average molecular weight is 486 g/mol. The number of aryl methyl sites for hydroxylation is 1. The zero-order chi connectivity index (χ0) is 24.4. The van der Waals surface area contributed by atoms with Crippen LogP contribution in [0.5, 0.6) is 5.75 Å². The van der Waals surface area contributed by atoms with E-state index in [1.165, 1.54) is 4.40 Å². The van der Waals surface area contributed by atoms with Gasteiger partial charge in [-0.25, -0.2) is 14.8 Å². The van der Waals surface area contributed by atoms with Gasteiger partial charge in [0.25, 0.3) is 5.91 Å². The van der Waals surface area contributed by atoms with Crippen LogP contribution in [0.4, 0.5) is 0 Å². The van der Waals surface area contributed by atoms with Gasteiger partial charge in [-0.1, -0.05) is 47.7 Å². The van der Waals surface area contributed by atoms with Crippen molar-refractivity contribution in [3.63, 3.8) is 0 Å². The van der Waals surface area contributed by atoms with Crippen molar-refractivity contribution in [1.29, 1.82) is 0 Å². The van der Waals surface area contributed by atoms with Gasteiger partial charge in [-0.3, -0.25) is 9.20 Å². The molecule has 176 valence electrons. The molecular formula is C26H23N5O3S. The van der Waals surface area contributed by atoms with Crippen molar-refractivity contribution < 1.29 is 9.53 Å². The molecule has 0 saturated carbocycles. The van der Waals surface area contributed by atoms with E-state index in [0.29, 0.717) is 12.1 Å². The number of ether oxygens (including phenoxy) is 1. The molecule has 0 fully saturated rings. The third-order valence-electron chi connectivity index (χ3n) is 5.82. The summed E-state index contributed by atoms with van der Waals surface area (Å²) in [6.07, 6.45) is 2.21.